The van der Waals surface area contributed by atoms with Gasteiger partial charge in [-0.05, 0) is 67.8 Å². The largest absolute Gasteiger partial charge is 0.338 e. The summed E-state index contributed by atoms with van der Waals surface area (Å²) in [5, 5.41) is 7.43. The molecule has 0 atom stereocenters. The molecule has 0 aliphatic carbocycles. The molecule has 1 aliphatic rings. The third kappa shape index (κ3) is 4.59. The van der Waals surface area contributed by atoms with Crippen molar-refractivity contribution in [2.45, 2.75) is 19.8 Å². The Morgan fingerprint density at radius 1 is 1.00 bits per heavy atom. The number of rotatable bonds is 5. The van der Waals surface area contributed by atoms with Gasteiger partial charge < -0.3 is 14.8 Å². The SMILES string of the molecule is Cc1cc(F)ccc1NC(=O)C1CCN(C(=O)c2cnn(-c3ccccc3)c2-n2cccc2)CC1. The number of hydrogen-bond donors (Lipinski definition) is 1. The van der Waals surface area contributed by atoms with Gasteiger partial charge in [-0.25, -0.2) is 9.07 Å². The van der Waals surface area contributed by atoms with Crippen LogP contribution in [-0.4, -0.2) is 44.2 Å². The molecule has 0 saturated carbocycles. The minimum absolute atomic E-state index is 0.100. The molecule has 1 fully saturated rings. The van der Waals surface area contributed by atoms with E-state index in [0.29, 0.717) is 48.6 Å². The number of nitrogens with zero attached hydrogens (tertiary/aromatic N) is 4. The molecule has 3 heterocycles. The highest BCUT2D eigenvalue weighted by molar-refractivity contribution is 5.98. The zero-order chi connectivity index (χ0) is 24.4. The van der Waals surface area contributed by atoms with Crippen LogP contribution in [-0.2, 0) is 4.79 Å². The molecule has 2 aromatic carbocycles. The van der Waals surface area contributed by atoms with Gasteiger partial charge in [0, 0.05) is 37.1 Å². The van der Waals surface area contributed by atoms with Crippen LogP contribution >= 0.6 is 0 Å². The lowest BCUT2D eigenvalue weighted by molar-refractivity contribution is -0.121. The lowest BCUT2D eigenvalue weighted by Crippen LogP contribution is -2.41. The van der Waals surface area contributed by atoms with Crippen LogP contribution in [0, 0.1) is 18.7 Å². The van der Waals surface area contributed by atoms with Crippen molar-refractivity contribution in [1.29, 1.82) is 0 Å². The first-order valence-electron chi connectivity index (χ1n) is 11.6. The Kier molecular flexibility index (Phi) is 6.18. The second-order valence-corrected chi connectivity index (χ2v) is 8.73. The smallest absolute Gasteiger partial charge is 0.259 e. The van der Waals surface area contributed by atoms with E-state index in [0.717, 1.165) is 5.69 Å². The summed E-state index contributed by atoms with van der Waals surface area (Å²) >= 11 is 0. The second kappa shape index (κ2) is 9.58. The van der Waals surface area contributed by atoms with Crippen molar-refractivity contribution in [3.8, 4) is 11.5 Å². The van der Waals surface area contributed by atoms with E-state index in [1.165, 1.54) is 12.1 Å². The van der Waals surface area contributed by atoms with Gasteiger partial charge in [-0.15, -0.1) is 0 Å². The van der Waals surface area contributed by atoms with E-state index >= 15 is 0 Å². The maximum Gasteiger partial charge on any atom is 0.259 e. The quantitative estimate of drug-likeness (QED) is 0.462. The third-order valence-corrected chi connectivity index (χ3v) is 6.42. The van der Waals surface area contributed by atoms with Gasteiger partial charge in [0.05, 0.1) is 11.9 Å². The number of amides is 2. The fourth-order valence-electron chi connectivity index (χ4n) is 4.49. The molecule has 2 amide bonds. The summed E-state index contributed by atoms with van der Waals surface area (Å²) < 4.78 is 17.0. The number of anilines is 1. The van der Waals surface area contributed by atoms with Crippen molar-refractivity contribution in [1.82, 2.24) is 19.2 Å². The first-order valence-corrected chi connectivity index (χ1v) is 11.6. The highest BCUT2D eigenvalue weighted by Gasteiger charge is 2.30. The molecule has 0 bridgehead atoms. The topological polar surface area (TPSA) is 72.2 Å². The Morgan fingerprint density at radius 2 is 1.71 bits per heavy atom. The summed E-state index contributed by atoms with van der Waals surface area (Å²) in [6.07, 6.45) is 6.51. The Balaban J connectivity index is 1.31. The number of benzene rings is 2. The predicted molar refractivity (Wildman–Crippen MR) is 131 cm³/mol. The molecule has 178 valence electrons. The van der Waals surface area contributed by atoms with E-state index in [9.17, 15) is 14.0 Å². The van der Waals surface area contributed by atoms with Crippen LogP contribution in [0.4, 0.5) is 10.1 Å². The van der Waals surface area contributed by atoms with E-state index < -0.39 is 0 Å². The van der Waals surface area contributed by atoms with E-state index in [1.807, 2.05) is 59.4 Å². The lowest BCUT2D eigenvalue weighted by Gasteiger charge is -2.31. The number of halogens is 1. The highest BCUT2D eigenvalue weighted by Crippen LogP contribution is 2.25. The van der Waals surface area contributed by atoms with Crippen molar-refractivity contribution < 1.29 is 14.0 Å². The van der Waals surface area contributed by atoms with Gasteiger partial charge in [-0.1, -0.05) is 18.2 Å². The Hall–Kier alpha value is -4.20. The van der Waals surface area contributed by atoms with Gasteiger partial charge in [-0.2, -0.15) is 5.10 Å². The summed E-state index contributed by atoms with van der Waals surface area (Å²) in [5.74, 6) is -0.0691. The number of nitrogens with one attached hydrogen (secondary N) is 1. The minimum Gasteiger partial charge on any atom is -0.338 e. The van der Waals surface area contributed by atoms with Crippen molar-refractivity contribution in [2.24, 2.45) is 5.92 Å². The van der Waals surface area contributed by atoms with E-state index in [1.54, 1.807) is 28.8 Å². The predicted octanol–water partition coefficient (Wildman–Crippen LogP) is 4.60. The van der Waals surface area contributed by atoms with Crippen LogP contribution in [0.5, 0.6) is 0 Å². The number of hydrogen-bond acceptors (Lipinski definition) is 3. The van der Waals surface area contributed by atoms with E-state index in [4.69, 9.17) is 0 Å². The molecule has 4 aromatic rings. The number of aryl methyl sites for hydroxylation is 1. The monoisotopic (exact) mass is 471 g/mol. The van der Waals surface area contributed by atoms with Crippen molar-refractivity contribution in [2.75, 3.05) is 18.4 Å². The third-order valence-electron chi connectivity index (χ3n) is 6.42. The molecule has 8 heteroatoms. The number of para-hydroxylation sites is 1. The summed E-state index contributed by atoms with van der Waals surface area (Å²) in [7, 11) is 0. The van der Waals surface area contributed by atoms with Crippen molar-refractivity contribution in [3.05, 3.63) is 96.2 Å². The molecule has 0 spiro atoms. The summed E-state index contributed by atoms with van der Waals surface area (Å²) in [6, 6.07) is 17.8. The molecule has 35 heavy (non-hydrogen) atoms. The molecular weight excluding hydrogens is 445 g/mol. The van der Waals surface area contributed by atoms with Gasteiger partial charge in [0.25, 0.3) is 5.91 Å². The van der Waals surface area contributed by atoms with E-state index in [2.05, 4.69) is 10.4 Å². The molecule has 1 saturated heterocycles. The Bertz CT molecular complexity index is 1340. The van der Waals surface area contributed by atoms with Crippen LogP contribution in [0.2, 0.25) is 0 Å². The highest BCUT2D eigenvalue weighted by atomic mass is 19.1. The zero-order valence-electron chi connectivity index (χ0n) is 19.4. The van der Waals surface area contributed by atoms with Crippen LogP contribution < -0.4 is 5.32 Å². The van der Waals surface area contributed by atoms with Crippen LogP contribution in [0.25, 0.3) is 11.5 Å². The number of carbonyl (C=O) groups is 2. The summed E-state index contributed by atoms with van der Waals surface area (Å²) in [5.41, 5.74) is 2.66. The number of carbonyl (C=O) groups excluding carboxylic acids is 2. The fraction of sp³-hybridized carbons (Fsp3) is 0.222. The molecule has 2 aromatic heterocycles. The Morgan fingerprint density at radius 3 is 2.40 bits per heavy atom. The molecule has 1 aliphatic heterocycles. The molecule has 0 unspecified atom stereocenters. The van der Waals surface area contributed by atoms with E-state index in [-0.39, 0.29) is 23.5 Å². The van der Waals surface area contributed by atoms with Crippen molar-refractivity contribution in [3.63, 3.8) is 0 Å². The number of likely N-dealkylation sites (tertiary alicyclic amines) is 1. The fourth-order valence-corrected chi connectivity index (χ4v) is 4.49. The first kappa shape index (κ1) is 22.6. The summed E-state index contributed by atoms with van der Waals surface area (Å²) in [6.45, 7) is 2.71. The van der Waals surface area contributed by atoms with Crippen LogP contribution in [0.3, 0.4) is 0 Å². The van der Waals surface area contributed by atoms with Crippen LogP contribution in [0.1, 0.15) is 28.8 Å². The Labute approximate surface area is 202 Å². The maximum absolute atomic E-state index is 13.5. The normalized spacial score (nSPS) is 14.2. The lowest BCUT2D eigenvalue weighted by atomic mass is 9.95. The van der Waals surface area contributed by atoms with Gasteiger partial charge in [0.15, 0.2) is 5.82 Å². The molecule has 0 radical (unpaired) electrons. The molecule has 7 nitrogen and oxygen atoms in total. The average Bonchev–Trinajstić information content (AvgIpc) is 3.56. The maximum atomic E-state index is 13.5. The second-order valence-electron chi connectivity index (χ2n) is 8.73. The average molecular weight is 472 g/mol. The van der Waals surface area contributed by atoms with Crippen LogP contribution in [0.15, 0.2) is 79.3 Å². The van der Waals surface area contributed by atoms with Gasteiger partial charge in [0.1, 0.15) is 11.4 Å². The first-order chi connectivity index (χ1) is 17.0. The minimum atomic E-state index is -0.331. The number of piperidine rings is 1. The van der Waals surface area contributed by atoms with Crippen molar-refractivity contribution >= 4 is 17.5 Å². The molecular formula is C27H26FN5O2. The molecule has 5 rings (SSSR count). The standard InChI is InChI=1S/C27H26FN5O2/c1-19-17-21(28)9-10-24(19)30-25(34)20-11-15-32(16-12-20)27(35)23-18-29-33(22-7-3-2-4-8-22)26(23)31-13-5-6-14-31/h2-10,13-14,17-18,20H,11-12,15-16H2,1H3,(H,30,34). The summed E-state index contributed by atoms with van der Waals surface area (Å²) in [4.78, 5) is 28.1. The zero-order valence-corrected chi connectivity index (χ0v) is 19.4. The van der Waals surface area contributed by atoms with Gasteiger partial charge in [0.2, 0.25) is 5.91 Å². The van der Waals surface area contributed by atoms with Gasteiger partial charge in [-0.3, -0.25) is 9.59 Å². The number of aromatic nitrogens is 3. The van der Waals surface area contributed by atoms with Gasteiger partial charge >= 0.3 is 0 Å². The molecule has 1 N–H and O–H groups in total.